The molecule has 6 heteroatoms. The minimum absolute atomic E-state index is 0.0719. The molecule has 1 atom stereocenters. The van der Waals surface area contributed by atoms with Gasteiger partial charge in [-0.1, -0.05) is 24.3 Å². The largest absolute Gasteiger partial charge is 0.494 e. The number of rotatable bonds is 5. The molecule has 0 fully saturated rings. The first-order valence-electron chi connectivity index (χ1n) is 9.25. The third-order valence-corrected chi connectivity index (χ3v) is 4.93. The Bertz CT molecular complexity index is 1040. The molecular weight excluding hydrogens is 352 g/mol. The van der Waals surface area contributed by atoms with Crippen molar-refractivity contribution in [3.05, 3.63) is 77.6 Å². The van der Waals surface area contributed by atoms with Crippen LogP contribution in [0.5, 0.6) is 5.75 Å². The van der Waals surface area contributed by atoms with Gasteiger partial charge in [0.2, 0.25) is 5.91 Å². The number of carbonyl (C=O) groups excluding carboxylic acids is 1. The standard InChI is InChI=1S/C22H22N4O2/c1-15-13-26(14-24-15)20-12-23-17(11-21(20)28-2)8-10-22(27)25-19-9-7-16-5-3-4-6-18(16)19/h3-6,8,10-14,19H,7,9H2,1-2H3,(H,25,27)/b10-8+. The highest BCUT2D eigenvalue weighted by Gasteiger charge is 2.22. The maximum Gasteiger partial charge on any atom is 0.244 e. The van der Waals surface area contributed by atoms with Crippen molar-refractivity contribution in [2.45, 2.75) is 25.8 Å². The van der Waals surface area contributed by atoms with Crippen LogP contribution in [0.4, 0.5) is 0 Å². The number of nitrogens with zero attached hydrogens (tertiary/aromatic N) is 3. The smallest absolute Gasteiger partial charge is 0.244 e. The molecule has 3 aromatic rings. The molecule has 1 aromatic carbocycles. The highest BCUT2D eigenvalue weighted by molar-refractivity contribution is 5.91. The van der Waals surface area contributed by atoms with Crippen LogP contribution in [0.25, 0.3) is 11.8 Å². The van der Waals surface area contributed by atoms with Crippen LogP contribution in [0.15, 0.2) is 55.1 Å². The van der Waals surface area contributed by atoms with Crippen LogP contribution in [0.2, 0.25) is 0 Å². The van der Waals surface area contributed by atoms with Gasteiger partial charge in [-0.2, -0.15) is 0 Å². The molecule has 2 aromatic heterocycles. The Morgan fingerprint density at radius 2 is 2.18 bits per heavy atom. The first-order chi connectivity index (χ1) is 13.6. The molecule has 6 nitrogen and oxygen atoms in total. The van der Waals surface area contributed by atoms with Crippen molar-refractivity contribution in [1.82, 2.24) is 19.9 Å². The van der Waals surface area contributed by atoms with Gasteiger partial charge in [0.05, 0.1) is 37.1 Å². The maximum atomic E-state index is 12.4. The molecule has 1 amide bonds. The van der Waals surface area contributed by atoms with Gasteiger partial charge in [0.25, 0.3) is 0 Å². The first-order valence-corrected chi connectivity index (χ1v) is 9.25. The summed E-state index contributed by atoms with van der Waals surface area (Å²) in [5.74, 6) is 0.536. The van der Waals surface area contributed by atoms with E-state index in [2.05, 4.69) is 27.4 Å². The summed E-state index contributed by atoms with van der Waals surface area (Å²) in [6.45, 7) is 1.93. The first kappa shape index (κ1) is 18.0. The van der Waals surface area contributed by atoms with Crippen LogP contribution in [-0.2, 0) is 11.2 Å². The van der Waals surface area contributed by atoms with Crippen LogP contribution in [0.3, 0.4) is 0 Å². The molecule has 28 heavy (non-hydrogen) atoms. The number of amides is 1. The van der Waals surface area contributed by atoms with E-state index in [9.17, 15) is 4.79 Å². The average Bonchev–Trinajstić information content (AvgIpc) is 3.33. The van der Waals surface area contributed by atoms with E-state index in [-0.39, 0.29) is 11.9 Å². The number of benzene rings is 1. The molecule has 4 rings (SSSR count). The monoisotopic (exact) mass is 374 g/mol. The van der Waals surface area contributed by atoms with Crippen molar-refractivity contribution < 1.29 is 9.53 Å². The Hall–Kier alpha value is -3.41. The number of methoxy groups -OCH3 is 1. The summed E-state index contributed by atoms with van der Waals surface area (Å²) < 4.78 is 7.34. The second-order valence-corrected chi connectivity index (χ2v) is 6.84. The fourth-order valence-electron chi connectivity index (χ4n) is 3.53. The normalized spacial score (nSPS) is 15.6. The highest BCUT2D eigenvalue weighted by Crippen LogP contribution is 2.30. The van der Waals surface area contributed by atoms with Crippen LogP contribution >= 0.6 is 0 Å². The lowest BCUT2D eigenvalue weighted by atomic mass is 10.1. The molecule has 0 radical (unpaired) electrons. The van der Waals surface area contributed by atoms with Gasteiger partial charge in [-0.05, 0) is 37.0 Å². The fourth-order valence-corrected chi connectivity index (χ4v) is 3.53. The number of nitrogens with one attached hydrogen (secondary N) is 1. The van der Waals surface area contributed by atoms with Gasteiger partial charge in [0, 0.05) is 18.3 Å². The van der Waals surface area contributed by atoms with E-state index in [1.807, 2.05) is 29.8 Å². The molecule has 0 bridgehead atoms. The number of aryl methyl sites for hydroxylation is 2. The summed E-state index contributed by atoms with van der Waals surface area (Å²) in [5.41, 5.74) is 4.89. The van der Waals surface area contributed by atoms with Gasteiger partial charge < -0.3 is 14.6 Å². The minimum atomic E-state index is -0.128. The number of imidazole rings is 1. The molecule has 1 aliphatic rings. The van der Waals surface area contributed by atoms with Gasteiger partial charge in [-0.15, -0.1) is 0 Å². The maximum absolute atomic E-state index is 12.4. The summed E-state index contributed by atoms with van der Waals surface area (Å²) in [4.78, 5) is 21.0. The second kappa shape index (κ2) is 7.68. The Balaban J connectivity index is 1.46. The van der Waals surface area contributed by atoms with E-state index in [0.29, 0.717) is 11.4 Å². The zero-order valence-corrected chi connectivity index (χ0v) is 15.9. The molecule has 142 valence electrons. The molecule has 0 aliphatic heterocycles. The number of aromatic nitrogens is 3. The Morgan fingerprint density at radius 1 is 1.32 bits per heavy atom. The third-order valence-electron chi connectivity index (χ3n) is 4.93. The van der Waals surface area contributed by atoms with Crippen LogP contribution in [0.1, 0.15) is 35.0 Å². The molecule has 0 saturated carbocycles. The average molecular weight is 374 g/mol. The van der Waals surface area contributed by atoms with Crippen LogP contribution in [-0.4, -0.2) is 27.6 Å². The lowest BCUT2D eigenvalue weighted by molar-refractivity contribution is -0.117. The SMILES string of the molecule is COc1cc(/C=C/C(=O)NC2CCc3ccccc32)ncc1-n1cnc(C)c1. The van der Waals surface area contributed by atoms with Gasteiger partial charge in [0.1, 0.15) is 11.4 Å². The molecule has 1 unspecified atom stereocenters. The van der Waals surface area contributed by atoms with Crippen LogP contribution < -0.4 is 10.1 Å². The summed E-state index contributed by atoms with van der Waals surface area (Å²) in [5, 5.41) is 3.08. The van der Waals surface area contributed by atoms with Crippen molar-refractivity contribution >= 4 is 12.0 Å². The molecule has 2 heterocycles. The molecule has 1 N–H and O–H groups in total. The number of hydrogen-bond acceptors (Lipinski definition) is 4. The molecule has 0 saturated heterocycles. The quantitative estimate of drug-likeness (QED) is 0.695. The van der Waals surface area contributed by atoms with Gasteiger partial charge >= 0.3 is 0 Å². The zero-order valence-electron chi connectivity index (χ0n) is 15.9. The van der Waals surface area contributed by atoms with E-state index in [4.69, 9.17) is 4.74 Å². The molecule has 0 spiro atoms. The lowest BCUT2D eigenvalue weighted by Gasteiger charge is -2.12. The number of ether oxygens (including phenoxy) is 1. The van der Waals surface area contributed by atoms with E-state index >= 15 is 0 Å². The van der Waals surface area contributed by atoms with Gasteiger partial charge in [-0.3, -0.25) is 9.78 Å². The Morgan fingerprint density at radius 3 is 2.96 bits per heavy atom. The number of carbonyl (C=O) groups is 1. The summed E-state index contributed by atoms with van der Waals surface area (Å²) in [6.07, 6.45) is 10.5. The van der Waals surface area contributed by atoms with E-state index in [0.717, 1.165) is 24.2 Å². The van der Waals surface area contributed by atoms with Crippen molar-refractivity contribution in [3.8, 4) is 11.4 Å². The summed E-state index contributed by atoms with van der Waals surface area (Å²) in [6, 6.07) is 10.1. The van der Waals surface area contributed by atoms with Gasteiger partial charge in [0.15, 0.2) is 0 Å². The minimum Gasteiger partial charge on any atom is -0.494 e. The van der Waals surface area contributed by atoms with Crippen molar-refractivity contribution in [1.29, 1.82) is 0 Å². The van der Waals surface area contributed by atoms with E-state index in [1.165, 1.54) is 17.2 Å². The zero-order chi connectivity index (χ0) is 19.5. The molecular formula is C22H22N4O2. The van der Waals surface area contributed by atoms with Crippen molar-refractivity contribution in [2.24, 2.45) is 0 Å². The second-order valence-electron chi connectivity index (χ2n) is 6.84. The van der Waals surface area contributed by atoms with Crippen molar-refractivity contribution in [2.75, 3.05) is 7.11 Å². The summed E-state index contributed by atoms with van der Waals surface area (Å²) >= 11 is 0. The number of pyridine rings is 1. The Kier molecular flexibility index (Phi) is 4.93. The lowest BCUT2D eigenvalue weighted by Crippen LogP contribution is -2.25. The van der Waals surface area contributed by atoms with E-state index in [1.54, 1.807) is 31.8 Å². The third kappa shape index (κ3) is 3.67. The predicted octanol–water partition coefficient (Wildman–Crippen LogP) is 3.40. The highest BCUT2D eigenvalue weighted by atomic mass is 16.5. The number of fused-ring (bicyclic) bond motifs is 1. The fraction of sp³-hybridized carbons (Fsp3) is 0.227. The topological polar surface area (TPSA) is 69.0 Å². The predicted molar refractivity (Wildman–Crippen MR) is 107 cm³/mol. The van der Waals surface area contributed by atoms with E-state index < -0.39 is 0 Å². The van der Waals surface area contributed by atoms with Crippen LogP contribution in [0, 0.1) is 6.92 Å². The molecule has 1 aliphatic carbocycles. The van der Waals surface area contributed by atoms with Crippen molar-refractivity contribution in [3.63, 3.8) is 0 Å². The Labute approximate surface area is 163 Å². The summed E-state index contributed by atoms with van der Waals surface area (Å²) in [7, 11) is 1.61. The number of hydrogen-bond donors (Lipinski definition) is 1. The van der Waals surface area contributed by atoms with Gasteiger partial charge in [-0.25, -0.2) is 4.98 Å².